The van der Waals surface area contributed by atoms with Crippen molar-refractivity contribution in [1.29, 1.82) is 0 Å². The molecule has 2 N–H and O–H groups in total. The van der Waals surface area contributed by atoms with Gasteiger partial charge in [-0.05, 0) is 17.5 Å². The molecule has 0 atom stereocenters. The van der Waals surface area contributed by atoms with Gasteiger partial charge in [0.1, 0.15) is 0 Å². The van der Waals surface area contributed by atoms with Gasteiger partial charge in [-0.25, -0.2) is 0 Å². The van der Waals surface area contributed by atoms with Crippen LogP contribution in [0.15, 0.2) is 0 Å². The quantitative estimate of drug-likeness (QED) is 0.872. The summed E-state index contributed by atoms with van der Waals surface area (Å²) < 4.78 is 0. The number of halogens is 2. The molecule has 0 fully saturated rings. The lowest BCUT2D eigenvalue weighted by Crippen LogP contribution is -2.37. The second-order valence-corrected chi connectivity index (χ2v) is 4.63. The molecular weight excluding hydrogens is 265 g/mol. The highest BCUT2D eigenvalue weighted by molar-refractivity contribution is 6.32. The Labute approximate surface area is 109 Å². The predicted octanol–water partition coefficient (Wildman–Crippen LogP) is 1.13. The van der Waals surface area contributed by atoms with Crippen LogP contribution in [0, 0.1) is 5.92 Å². The van der Waals surface area contributed by atoms with Crippen molar-refractivity contribution in [3.05, 3.63) is 10.4 Å². The zero-order valence-electron chi connectivity index (χ0n) is 9.52. The topological polar surface area (TPSA) is 85.0 Å². The molecule has 0 unspecified atom stereocenters. The number of amides is 1. The summed E-state index contributed by atoms with van der Waals surface area (Å²) in [5, 5.41) is 7.22. The zero-order valence-corrected chi connectivity index (χ0v) is 11.0. The summed E-state index contributed by atoms with van der Waals surface area (Å²) in [7, 11) is 0. The lowest BCUT2D eigenvalue weighted by atomic mass is 10.2. The number of hydrogen-bond donors (Lipinski definition) is 1. The highest BCUT2D eigenvalue weighted by atomic mass is 35.5. The van der Waals surface area contributed by atoms with Gasteiger partial charge in [0.2, 0.25) is 11.2 Å². The van der Waals surface area contributed by atoms with E-state index in [1.807, 2.05) is 13.8 Å². The Hall–Kier alpha value is -1.14. The van der Waals surface area contributed by atoms with E-state index in [4.69, 9.17) is 28.9 Å². The van der Waals surface area contributed by atoms with E-state index in [1.165, 1.54) is 0 Å². The molecule has 1 amide bonds. The van der Waals surface area contributed by atoms with E-state index >= 15 is 0 Å². The minimum Gasteiger partial charge on any atom is -0.368 e. The number of carbonyl (C=O) groups excluding carboxylic acids is 1. The number of carbonyl (C=O) groups is 1. The fourth-order valence-corrected chi connectivity index (χ4v) is 1.66. The Morgan fingerprint density at radius 3 is 2.59 bits per heavy atom. The van der Waals surface area contributed by atoms with Gasteiger partial charge in [-0.15, -0.1) is 10.2 Å². The Bertz CT molecular complexity index is 412. The van der Waals surface area contributed by atoms with E-state index in [0.29, 0.717) is 18.3 Å². The molecule has 1 aromatic heterocycles. The van der Waals surface area contributed by atoms with Crippen molar-refractivity contribution < 1.29 is 4.79 Å². The minimum absolute atomic E-state index is 0.00687. The molecule has 0 saturated heterocycles. The van der Waals surface area contributed by atoms with E-state index < -0.39 is 5.91 Å². The van der Waals surface area contributed by atoms with Crippen LogP contribution < -0.4 is 10.6 Å². The van der Waals surface area contributed by atoms with Crippen molar-refractivity contribution >= 4 is 34.9 Å². The van der Waals surface area contributed by atoms with Crippen molar-refractivity contribution in [1.82, 2.24) is 15.2 Å². The van der Waals surface area contributed by atoms with Crippen LogP contribution in [0.2, 0.25) is 10.4 Å². The fourth-order valence-electron chi connectivity index (χ4n) is 1.34. The second-order valence-electron chi connectivity index (χ2n) is 3.94. The molecule has 0 saturated carbocycles. The number of anilines is 1. The maximum Gasteiger partial charge on any atom is 0.245 e. The molecule has 94 valence electrons. The largest absolute Gasteiger partial charge is 0.368 e. The minimum atomic E-state index is -0.476. The Morgan fingerprint density at radius 1 is 1.41 bits per heavy atom. The molecule has 17 heavy (non-hydrogen) atoms. The summed E-state index contributed by atoms with van der Waals surface area (Å²) in [6.45, 7) is 4.57. The molecule has 0 radical (unpaired) electrons. The number of hydrogen-bond acceptors (Lipinski definition) is 5. The highest BCUT2D eigenvalue weighted by Gasteiger charge is 2.17. The summed E-state index contributed by atoms with van der Waals surface area (Å²) in [4.78, 5) is 16.6. The van der Waals surface area contributed by atoms with Crippen molar-refractivity contribution in [2.75, 3.05) is 18.0 Å². The van der Waals surface area contributed by atoms with E-state index in [-0.39, 0.29) is 17.0 Å². The van der Waals surface area contributed by atoms with Gasteiger partial charge in [-0.1, -0.05) is 25.4 Å². The van der Waals surface area contributed by atoms with Gasteiger partial charge in [0.05, 0.1) is 6.54 Å². The maximum absolute atomic E-state index is 11.0. The standard InChI is InChI=1S/C9H13Cl2N5O/c1-5(2)3-16(4-6(12)17)8-7(10)14-15-9(11)13-8/h5H,3-4H2,1-2H3,(H2,12,17). The summed E-state index contributed by atoms with van der Waals surface area (Å²) >= 11 is 11.5. The SMILES string of the molecule is CC(C)CN(CC(N)=O)c1nc(Cl)nnc1Cl. The molecule has 8 heteroatoms. The van der Waals surface area contributed by atoms with Crippen LogP contribution in [0.5, 0.6) is 0 Å². The lowest BCUT2D eigenvalue weighted by molar-refractivity contribution is -0.116. The monoisotopic (exact) mass is 277 g/mol. The lowest BCUT2D eigenvalue weighted by Gasteiger charge is -2.24. The molecule has 1 rings (SSSR count). The first-order valence-corrected chi connectivity index (χ1v) is 5.74. The van der Waals surface area contributed by atoms with Crippen LogP contribution in [0.1, 0.15) is 13.8 Å². The van der Waals surface area contributed by atoms with E-state index in [9.17, 15) is 4.79 Å². The third-order valence-electron chi connectivity index (χ3n) is 1.83. The smallest absolute Gasteiger partial charge is 0.245 e. The summed E-state index contributed by atoms with van der Waals surface area (Å²) in [6.07, 6.45) is 0. The number of aromatic nitrogens is 3. The van der Waals surface area contributed by atoms with Crippen LogP contribution in [0.25, 0.3) is 0 Å². The normalized spacial score (nSPS) is 10.6. The maximum atomic E-state index is 11.0. The summed E-state index contributed by atoms with van der Waals surface area (Å²) in [5.74, 6) is 0.148. The number of rotatable bonds is 5. The van der Waals surface area contributed by atoms with Crippen LogP contribution in [0.3, 0.4) is 0 Å². The van der Waals surface area contributed by atoms with Crippen LogP contribution in [-0.4, -0.2) is 34.2 Å². The molecule has 0 aliphatic rings. The van der Waals surface area contributed by atoms with Crippen LogP contribution in [-0.2, 0) is 4.79 Å². The molecular formula is C9H13Cl2N5O. The molecule has 6 nitrogen and oxygen atoms in total. The molecule has 1 aromatic rings. The molecule has 0 spiro atoms. The van der Waals surface area contributed by atoms with Gasteiger partial charge < -0.3 is 10.6 Å². The van der Waals surface area contributed by atoms with Crippen molar-refractivity contribution in [3.8, 4) is 0 Å². The van der Waals surface area contributed by atoms with Gasteiger partial charge in [0.15, 0.2) is 11.0 Å². The number of nitrogens with zero attached hydrogens (tertiary/aromatic N) is 4. The molecule has 1 heterocycles. The van der Waals surface area contributed by atoms with E-state index in [1.54, 1.807) is 4.90 Å². The third-order valence-corrected chi connectivity index (χ3v) is 2.24. The van der Waals surface area contributed by atoms with Crippen LogP contribution in [0.4, 0.5) is 5.82 Å². The van der Waals surface area contributed by atoms with E-state index in [0.717, 1.165) is 0 Å². The highest BCUT2D eigenvalue weighted by Crippen LogP contribution is 2.22. The van der Waals surface area contributed by atoms with Crippen molar-refractivity contribution in [2.45, 2.75) is 13.8 Å². The Morgan fingerprint density at radius 2 is 2.06 bits per heavy atom. The van der Waals surface area contributed by atoms with Gasteiger partial charge in [0.25, 0.3) is 0 Å². The molecule has 0 bridgehead atoms. The number of primary amides is 1. The third kappa shape index (κ3) is 4.32. The molecule has 0 aromatic carbocycles. The van der Waals surface area contributed by atoms with Gasteiger partial charge in [0, 0.05) is 6.54 Å². The van der Waals surface area contributed by atoms with Crippen LogP contribution >= 0.6 is 23.2 Å². The van der Waals surface area contributed by atoms with Crippen molar-refractivity contribution in [2.24, 2.45) is 11.7 Å². The molecule has 0 aliphatic heterocycles. The Kier molecular flexibility index (Phi) is 4.89. The first kappa shape index (κ1) is 13.9. The summed E-state index contributed by atoms with van der Waals surface area (Å²) in [5.41, 5.74) is 5.17. The first-order valence-electron chi connectivity index (χ1n) is 4.99. The Balaban J connectivity index is 3.02. The zero-order chi connectivity index (χ0) is 13.0. The number of nitrogens with two attached hydrogens (primary N) is 1. The first-order chi connectivity index (χ1) is 7.90. The van der Waals surface area contributed by atoms with Gasteiger partial charge in [-0.3, -0.25) is 4.79 Å². The van der Waals surface area contributed by atoms with E-state index in [2.05, 4.69) is 15.2 Å². The van der Waals surface area contributed by atoms with Gasteiger partial charge >= 0.3 is 0 Å². The average molecular weight is 278 g/mol. The summed E-state index contributed by atoms with van der Waals surface area (Å²) in [6, 6.07) is 0. The van der Waals surface area contributed by atoms with Crippen molar-refractivity contribution in [3.63, 3.8) is 0 Å². The van der Waals surface area contributed by atoms with Gasteiger partial charge in [-0.2, -0.15) is 4.98 Å². The predicted molar refractivity (Wildman–Crippen MR) is 66.1 cm³/mol. The molecule has 0 aliphatic carbocycles. The fraction of sp³-hybridized carbons (Fsp3) is 0.556. The second kappa shape index (κ2) is 5.97. The average Bonchev–Trinajstić information content (AvgIpc) is 2.19.